The van der Waals surface area contributed by atoms with Crippen molar-refractivity contribution in [3.05, 3.63) is 12.2 Å². The fourth-order valence-electron chi connectivity index (χ4n) is 3.04. The van der Waals surface area contributed by atoms with Gasteiger partial charge in [0.25, 0.3) is 0 Å². The van der Waals surface area contributed by atoms with Gasteiger partial charge in [-0.1, -0.05) is 83.3 Å². The largest absolute Gasteiger partial charge is 0.481 e. The molecular weight excluding hydrogens is 358 g/mol. The molecule has 0 saturated carbocycles. The first-order valence-corrected chi connectivity index (χ1v) is 11.5. The average molecular weight is 400 g/mol. The van der Waals surface area contributed by atoms with Gasteiger partial charge in [0, 0.05) is 6.54 Å². The summed E-state index contributed by atoms with van der Waals surface area (Å²) >= 11 is 4.10. The molecule has 0 heterocycles. The number of amides is 1. The zero-order valence-corrected chi connectivity index (χ0v) is 18.2. The number of rotatable bonds is 19. The molecule has 0 aliphatic rings. The van der Waals surface area contributed by atoms with Crippen LogP contribution in [0.3, 0.4) is 0 Å². The molecule has 0 fully saturated rings. The highest BCUT2D eigenvalue weighted by molar-refractivity contribution is 7.80. The Labute approximate surface area is 172 Å². The first-order valence-electron chi connectivity index (χ1n) is 10.9. The van der Waals surface area contributed by atoms with Crippen molar-refractivity contribution in [1.29, 1.82) is 0 Å². The van der Waals surface area contributed by atoms with Crippen molar-refractivity contribution >= 4 is 24.5 Å². The zero-order valence-electron chi connectivity index (χ0n) is 17.3. The Bertz CT molecular complexity index is 399. The lowest BCUT2D eigenvalue weighted by Crippen LogP contribution is -2.32. The van der Waals surface area contributed by atoms with Crippen LogP contribution in [0.25, 0.3) is 0 Å². The van der Waals surface area contributed by atoms with Gasteiger partial charge in [-0.15, -0.1) is 0 Å². The SMILES string of the molecule is CCCCCCCCCCCCCC=CC(CC(=O)O)C(=O)NCCCS. The predicted molar refractivity (Wildman–Crippen MR) is 117 cm³/mol. The van der Waals surface area contributed by atoms with Crippen LogP contribution in [0.5, 0.6) is 0 Å². The van der Waals surface area contributed by atoms with Gasteiger partial charge in [-0.25, -0.2) is 0 Å². The van der Waals surface area contributed by atoms with Crippen molar-refractivity contribution in [3.8, 4) is 0 Å². The van der Waals surface area contributed by atoms with Crippen molar-refractivity contribution in [2.24, 2.45) is 5.92 Å². The van der Waals surface area contributed by atoms with Crippen molar-refractivity contribution in [2.45, 2.75) is 96.8 Å². The van der Waals surface area contributed by atoms with E-state index in [1.165, 1.54) is 64.2 Å². The summed E-state index contributed by atoms with van der Waals surface area (Å²) in [6.07, 6.45) is 19.7. The lowest BCUT2D eigenvalue weighted by atomic mass is 10.0. The van der Waals surface area contributed by atoms with E-state index in [0.717, 1.165) is 19.3 Å². The summed E-state index contributed by atoms with van der Waals surface area (Å²) < 4.78 is 0. The minimum absolute atomic E-state index is 0.151. The Morgan fingerprint density at radius 3 is 2.00 bits per heavy atom. The molecular formula is C22H41NO3S. The van der Waals surface area contributed by atoms with Gasteiger partial charge in [-0.2, -0.15) is 12.6 Å². The van der Waals surface area contributed by atoms with E-state index < -0.39 is 11.9 Å². The summed E-state index contributed by atoms with van der Waals surface area (Å²) in [6.45, 7) is 2.80. The zero-order chi connectivity index (χ0) is 20.2. The molecule has 1 unspecified atom stereocenters. The predicted octanol–water partition coefficient (Wildman–Crippen LogP) is 5.77. The quantitative estimate of drug-likeness (QED) is 0.147. The Morgan fingerprint density at radius 2 is 1.48 bits per heavy atom. The summed E-state index contributed by atoms with van der Waals surface area (Å²) in [5.41, 5.74) is 0. The van der Waals surface area contributed by atoms with Gasteiger partial charge in [0.15, 0.2) is 0 Å². The number of carbonyl (C=O) groups is 2. The van der Waals surface area contributed by atoms with Gasteiger partial charge in [-0.3, -0.25) is 9.59 Å². The van der Waals surface area contributed by atoms with Crippen molar-refractivity contribution in [1.82, 2.24) is 5.32 Å². The Hall–Kier alpha value is -0.970. The summed E-state index contributed by atoms with van der Waals surface area (Å²) in [4.78, 5) is 23.0. The maximum absolute atomic E-state index is 12.1. The van der Waals surface area contributed by atoms with Crippen LogP contribution in [0.2, 0.25) is 0 Å². The third kappa shape index (κ3) is 18.2. The molecule has 0 aliphatic heterocycles. The van der Waals surface area contributed by atoms with Crippen LogP contribution in [0, 0.1) is 5.92 Å². The number of carbonyl (C=O) groups excluding carboxylic acids is 1. The Morgan fingerprint density at radius 1 is 0.926 bits per heavy atom. The van der Waals surface area contributed by atoms with E-state index in [-0.39, 0.29) is 12.3 Å². The van der Waals surface area contributed by atoms with Gasteiger partial charge >= 0.3 is 5.97 Å². The van der Waals surface area contributed by atoms with Gasteiger partial charge in [-0.05, 0) is 25.0 Å². The average Bonchev–Trinajstić information content (AvgIpc) is 2.64. The number of allylic oxidation sites excluding steroid dienone is 1. The number of carboxylic acid groups (broad SMARTS) is 1. The highest BCUT2D eigenvalue weighted by atomic mass is 32.1. The number of hydrogen-bond acceptors (Lipinski definition) is 3. The minimum Gasteiger partial charge on any atom is -0.481 e. The summed E-state index contributed by atoms with van der Waals surface area (Å²) in [7, 11) is 0. The van der Waals surface area contributed by atoms with Gasteiger partial charge < -0.3 is 10.4 Å². The first-order chi connectivity index (χ1) is 13.1. The van der Waals surface area contributed by atoms with E-state index in [2.05, 4.69) is 24.9 Å². The van der Waals surface area contributed by atoms with Crippen LogP contribution >= 0.6 is 12.6 Å². The third-order valence-corrected chi connectivity index (χ3v) is 5.02. The van der Waals surface area contributed by atoms with E-state index in [9.17, 15) is 9.59 Å². The Kier molecular flexibility index (Phi) is 19.1. The monoisotopic (exact) mass is 399 g/mol. The molecule has 0 radical (unpaired) electrons. The number of aliphatic carboxylic acids is 1. The van der Waals surface area contributed by atoms with Gasteiger partial charge in [0.05, 0.1) is 12.3 Å². The first kappa shape index (κ1) is 26.0. The second-order valence-electron chi connectivity index (χ2n) is 7.32. The second kappa shape index (κ2) is 19.8. The minimum atomic E-state index is -0.941. The summed E-state index contributed by atoms with van der Waals surface area (Å²) in [6, 6.07) is 0. The van der Waals surface area contributed by atoms with E-state index in [4.69, 9.17) is 5.11 Å². The van der Waals surface area contributed by atoms with Gasteiger partial charge in [0.1, 0.15) is 0 Å². The number of hydrogen-bond donors (Lipinski definition) is 3. The summed E-state index contributed by atoms with van der Waals surface area (Å²) in [5, 5.41) is 11.8. The van der Waals surface area contributed by atoms with E-state index in [1.54, 1.807) is 6.08 Å². The van der Waals surface area contributed by atoms with Crippen LogP contribution in [-0.4, -0.2) is 29.3 Å². The smallest absolute Gasteiger partial charge is 0.304 e. The molecule has 1 amide bonds. The molecule has 0 aromatic carbocycles. The summed E-state index contributed by atoms with van der Waals surface area (Å²) in [5.74, 6) is -1.01. The lowest BCUT2D eigenvalue weighted by Gasteiger charge is -2.11. The Balaban J connectivity index is 3.76. The highest BCUT2D eigenvalue weighted by Crippen LogP contribution is 2.13. The van der Waals surface area contributed by atoms with E-state index >= 15 is 0 Å². The molecule has 0 bridgehead atoms. The molecule has 0 aliphatic carbocycles. The fourth-order valence-corrected chi connectivity index (χ4v) is 3.20. The van der Waals surface area contributed by atoms with Crippen LogP contribution < -0.4 is 5.32 Å². The normalized spacial score (nSPS) is 12.4. The van der Waals surface area contributed by atoms with Crippen LogP contribution in [0.15, 0.2) is 12.2 Å². The van der Waals surface area contributed by atoms with Crippen LogP contribution in [0.1, 0.15) is 96.8 Å². The molecule has 5 heteroatoms. The highest BCUT2D eigenvalue weighted by Gasteiger charge is 2.18. The number of carboxylic acids is 1. The maximum Gasteiger partial charge on any atom is 0.304 e. The molecule has 0 rings (SSSR count). The number of unbranched alkanes of at least 4 members (excludes halogenated alkanes) is 11. The molecule has 4 nitrogen and oxygen atoms in total. The standard InChI is InChI=1S/C22H41NO3S/c1-2-3-4-5-6-7-8-9-10-11-12-13-14-16-20(19-21(24)25)22(26)23-17-15-18-27/h14,16,20,27H,2-13,15,17-19H2,1H3,(H,23,26)(H,24,25). The van der Waals surface area contributed by atoms with Crippen molar-refractivity contribution in [2.75, 3.05) is 12.3 Å². The molecule has 2 N–H and O–H groups in total. The van der Waals surface area contributed by atoms with Crippen LogP contribution in [0.4, 0.5) is 0 Å². The molecule has 1 atom stereocenters. The molecule has 0 spiro atoms. The number of nitrogens with one attached hydrogen (secondary N) is 1. The molecule has 27 heavy (non-hydrogen) atoms. The molecule has 158 valence electrons. The van der Waals surface area contributed by atoms with Crippen LogP contribution in [-0.2, 0) is 9.59 Å². The van der Waals surface area contributed by atoms with Crippen molar-refractivity contribution < 1.29 is 14.7 Å². The second-order valence-corrected chi connectivity index (χ2v) is 7.77. The third-order valence-electron chi connectivity index (χ3n) is 4.71. The van der Waals surface area contributed by atoms with Gasteiger partial charge in [0.2, 0.25) is 5.91 Å². The molecule has 0 aromatic heterocycles. The number of thiol groups is 1. The molecule has 0 aromatic rings. The molecule has 0 saturated heterocycles. The fraction of sp³-hybridized carbons (Fsp3) is 0.818. The van der Waals surface area contributed by atoms with E-state index in [0.29, 0.717) is 12.3 Å². The van der Waals surface area contributed by atoms with E-state index in [1.807, 2.05) is 6.08 Å². The lowest BCUT2D eigenvalue weighted by molar-refractivity contribution is -0.140. The van der Waals surface area contributed by atoms with Crippen molar-refractivity contribution in [3.63, 3.8) is 0 Å². The topological polar surface area (TPSA) is 66.4 Å². The maximum atomic E-state index is 12.1.